The maximum atomic E-state index is 13.9. The topological polar surface area (TPSA) is 180 Å². The molecule has 3 aromatic rings. The fraction of sp³-hybridized carbons (Fsp3) is 0.320. The van der Waals surface area contributed by atoms with E-state index < -0.39 is 70.3 Å². The monoisotopic (exact) mass is 563 g/mol. The molecule has 2 aromatic carbocycles. The van der Waals surface area contributed by atoms with E-state index in [9.17, 15) is 32.3 Å². The molecule has 5 atom stereocenters. The predicted octanol–water partition coefficient (Wildman–Crippen LogP) is 0.130. The molecular formula is C25H26FN3O9S. The fourth-order valence-electron chi connectivity index (χ4n) is 3.98. The molecule has 4 rings (SSSR count). The molecule has 0 bridgehead atoms. The van der Waals surface area contributed by atoms with Crippen molar-refractivity contribution in [3.05, 3.63) is 98.6 Å². The highest BCUT2D eigenvalue weighted by Gasteiger charge is 2.49. The lowest BCUT2D eigenvalue weighted by molar-refractivity contribution is -0.151. The summed E-state index contributed by atoms with van der Waals surface area (Å²) in [5.74, 6) is -2.19. The van der Waals surface area contributed by atoms with Crippen molar-refractivity contribution in [1.29, 1.82) is 0 Å². The Morgan fingerprint density at radius 1 is 1.18 bits per heavy atom. The maximum absolute atomic E-state index is 13.9. The van der Waals surface area contributed by atoms with E-state index >= 15 is 0 Å². The van der Waals surface area contributed by atoms with Crippen LogP contribution in [0.25, 0.3) is 0 Å². The summed E-state index contributed by atoms with van der Waals surface area (Å²) in [6, 6.07) is 13.5. The van der Waals surface area contributed by atoms with Crippen molar-refractivity contribution in [2.24, 2.45) is 5.73 Å². The van der Waals surface area contributed by atoms with Gasteiger partial charge < -0.3 is 20.3 Å². The Hall–Kier alpha value is -3.69. The SMILES string of the molecule is Cc1ccc(S(=O)(=O)O[C@H]2[C@@H](O)[C@H](n3cc(F)c(=O)[nH]c3=O)O[C@@H]2COC(=O)[C@@H](N)Cc2ccccc2)cc1. The van der Waals surface area contributed by atoms with Crippen LogP contribution in [0.4, 0.5) is 4.39 Å². The zero-order valence-corrected chi connectivity index (χ0v) is 21.4. The number of aromatic amines is 1. The molecule has 12 nitrogen and oxygen atoms in total. The number of aliphatic hydroxyl groups excluding tert-OH is 1. The second kappa shape index (κ2) is 11.6. The van der Waals surface area contributed by atoms with Crippen LogP contribution < -0.4 is 17.0 Å². The highest BCUT2D eigenvalue weighted by Crippen LogP contribution is 2.33. The number of H-pyrrole nitrogens is 1. The summed E-state index contributed by atoms with van der Waals surface area (Å²) >= 11 is 0. The summed E-state index contributed by atoms with van der Waals surface area (Å²) in [7, 11) is -4.48. The number of ether oxygens (including phenoxy) is 2. The number of carbonyl (C=O) groups excluding carboxylic acids is 1. The molecule has 0 saturated carbocycles. The average Bonchev–Trinajstić information content (AvgIpc) is 3.19. The standard InChI is InChI=1S/C25H26FN3O9S/c1-14-7-9-16(10-8-14)39(34,35)38-21-19(13-36-24(32)18(27)11-15-5-3-2-4-6-15)37-23(20(21)30)29-12-17(26)22(31)28-25(29)33/h2-10,12,18-21,23,30H,11,13,27H2,1H3,(H,28,31,33)/t18-,19+,20+,21+,23+/m0/s1. The highest BCUT2D eigenvalue weighted by molar-refractivity contribution is 7.86. The van der Waals surface area contributed by atoms with Gasteiger partial charge in [-0.2, -0.15) is 12.8 Å². The van der Waals surface area contributed by atoms with Crippen LogP contribution in [0.1, 0.15) is 17.4 Å². The predicted molar refractivity (Wildman–Crippen MR) is 134 cm³/mol. The molecule has 2 heterocycles. The number of nitrogens with zero attached hydrogens (tertiary/aromatic N) is 1. The van der Waals surface area contributed by atoms with Crippen molar-refractivity contribution in [2.45, 2.75) is 48.8 Å². The molecule has 0 radical (unpaired) electrons. The van der Waals surface area contributed by atoms with E-state index in [-0.39, 0.29) is 11.3 Å². The number of carbonyl (C=O) groups is 1. The van der Waals surface area contributed by atoms with Crippen molar-refractivity contribution in [1.82, 2.24) is 9.55 Å². The molecule has 4 N–H and O–H groups in total. The van der Waals surface area contributed by atoms with E-state index in [1.807, 2.05) is 0 Å². The highest BCUT2D eigenvalue weighted by atomic mass is 32.2. The molecule has 1 fully saturated rings. The first-order chi connectivity index (χ1) is 18.5. The van der Waals surface area contributed by atoms with Crippen LogP contribution in [0.5, 0.6) is 0 Å². The van der Waals surface area contributed by atoms with Gasteiger partial charge in [0.05, 0.1) is 11.1 Å². The second-order valence-corrected chi connectivity index (χ2v) is 10.5. The molecule has 0 aliphatic carbocycles. The molecule has 1 aliphatic rings. The lowest BCUT2D eigenvalue weighted by Crippen LogP contribution is -2.41. The van der Waals surface area contributed by atoms with Gasteiger partial charge in [-0.3, -0.25) is 23.3 Å². The second-order valence-electron chi connectivity index (χ2n) is 8.95. The smallest absolute Gasteiger partial charge is 0.330 e. The zero-order valence-electron chi connectivity index (χ0n) is 20.6. The molecule has 208 valence electrons. The van der Waals surface area contributed by atoms with Gasteiger partial charge in [0.2, 0.25) is 5.82 Å². The Bertz CT molecular complexity index is 1540. The first-order valence-electron chi connectivity index (χ1n) is 11.8. The summed E-state index contributed by atoms with van der Waals surface area (Å²) in [5, 5.41) is 10.9. The Morgan fingerprint density at radius 2 is 1.85 bits per heavy atom. The van der Waals surface area contributed by atoms with E-state index in [2.05, 4.69) is 0 Å². The number of aryl methyl sites for hydroxylation is 1. The van der Waals surface area contributed by atoms with Crippen LogP contribution in [0.15, 0.2) is 75.3 Å². The number of aliphatic hydroxyl groups is 1. The minimum atomic E-state index is -4.48. The first-order valence-corrected chi connectivity index (χ1v) is 13.2. The number of aromatic nitrogens is 2. The van der Waals surface area contributed by atoms with Crippen LogP contribution in [-0.2, 0) is 35.0 Å². The van der Waals surface area contributed by atoms with E-state index in [0.717, 1.165) is 11.1 Å². The molecule has 1 saturated heterocycles. The van der Waals surface area contributed by atoms with Crippen LogP contribution in [0, 0.1) is 12.7 Å². The van der Waals surface area contributed by atoms with Crippen molar-refractivity contribution < 1.29 is 36.4 Å². The number of benzene rings is 2. The number of halogens is 1. The normalized spacial score (nSPS) is 21.9. The van der Waals surface area contributed by atoms with Gasteiger partial charge in [0, 0.05) is 0 Å². The van der Waals surface area contributed by atoms with E-state index in [0.29, 0.717) is 10.8 Å². The molecule has 1 aliphatic heterocycles. The maximum Gasteiger partial charge on any atom is 0.330 e. The number of nitrogens with one attached hydrogen (secondary N) is 1. The minimum Gasteiger partial charge on any atom is -0.462 e. The van der Waals surface area contributed by atoms with Gasteiger partial charge in [0.25, 0.3) is 15.7 Å². The summed E-state index contributed by atoms with van der Waals surface area (Å²) in [6.07, 6.45) is -6.02. The van der Waals surface area contributed by atoms with Crippen LogP contribution in [-0.4, -0.2) is 60.0 Å². The van der Waals surface area contributed by atoms with E-state index in [1.54, 1.807) is 42.2 Å². The third-order valence-corrected chi connectivity index (χ3v) is 7.37. The quantitative estimate of drug-likeness (QED) is 0.239. The lowest BCUT2D eigenvalue weighted by Gasteiger charge is -2.21. The number of hydrogen-bond acceptors (Lipinski definition) is 10. The molecule has 1 aromatic heterocycles. The number of nitrogens with two attached hydrogens (primary N) is 1. The van der Waals surface area contributed by atoms with Crippen molar-refractivity contribution >= 4 is 16.1 Å². The number of rotatable bonds is 9. The molecule has 0 amide bonds. The van der Waals surface area contributed by atoms with E-state index in [1.165, 1.54) is 24.3 Å². The van der Waals surface area contributed by atoms with Gasteiger partial charge in [0.15, 0.2) is 6.23 Å². The van der Waals surface area contributed by atoms with Crippen molar-refractivity contribution in [3.63, 3.8) is 0 Å². The van der Waals surface area contributed by atoms with E-state index in [4.69, 9.17) is 19.4 Å². The summed E-state index contributed by atoms with van der Waals surface area (Å²) in [6.45, 7) is 1.13. The zero-order chi connectivity index (χ0) is 28.3. The van der Waals surface area contributed by atoms with Crippen LogP contribution in [0.2, 0.25) is 0 Å². The first kappa shape index (κ1) is 28.3. The minimum absolute atomic E-state index is 0.157. The number of hydrogen-bond donors (Lipinski definition) is 3. The fourth-order valence-corrected chi connectivity index (χ4v) is 5.09. The number of esters is 1. The largest absolute Gasteiger partial charge is 0.462 e. The third-order valence-electron chi connectivity index (χ3n) is 6.05. The molecule has 39 heavy (non-hydrogen) atoms. The molecular weight excluding hydrogens is 537 g/mol. The Morgan fingerprint density at radius 3 is 2.51 bits per heavy atom. The average molecular weight is 564 g/mol. The lowest BCUT2D eigenvalue weighted by atomic mass is 10.1. The summed E-state index contributed by atoms with van der Waals surface area (Å²) < 4.78 is 56.5. The molecule has 0 spiro atoms. The van der Waals surface area contributed by atoms with Gasteiger partial charge in [-0.1, -0.05) is 48.0 Å². The third kappa shape index (κ3) is 6.49. The molecule has 14 heteroatoms. The van der Waals surface area contributed by atoms with Gasteiger partial charge in [-0.25, -0.2) is 4.79 Å². The summed E-state index contributed by atoms with van der Waals surface area (Å²) in [4.78, 5) is 37.8. The Kier molecular flexibility index (Phi) is 8.42. The Labute approximate surface area is 221 Å². The van der Waals surface area contributed by atoms with Crippen LogP contribution in [0.3, 0.4) is 0 Å². The van der Waals surface area contributed by atoms with Gasteiger partial charge in [-0.15, -0.1) is 0 Å². The Balaban J connectivity index is 1.57. The van der Waals surface area contributed by atoms with Gasteiger partial charge >= 0.3 is 11.7 Å². The van der Waals surface area contributed by atoms with Crippen molar-refractivity contribution in [2.75, 3.05) is 6.61 Å². The van der Waals surface area contributed by atoms with Gasteiger partial charge in [-0.05, 0) is 31.0 Å². The molecule has 0 unspecified atom stereocenters. The van der Waals surface area contributed by atoms with Crippen LogP contribution >= 0.6 is 0 Å². The summed E-state index contributed by atoms with van der Waals surface area (Å²) in [5.41, 5.74) is 5.08. The van der Waals surface area contributed by atoms with Gasteiger partial charge in [0.1, 0.15) is 31.0 Å². The van der Waals surface area contributed by atoms with Crippen molar-refractivity contribution in [3.8, 4) is 0 Å².